The molecule has 3 aromatic rings. The zero-order valence-electron chi connectivity index (χ0n) is 18.1. The van der Waals surface area contributed by atoms with Gasteiger partial charge in [0.1, 0.15) is 0 Å². The summed E-state index contributed by atoms with van der Waals surface area (Å²) in [6.07, 6.45) is 7.44. The van der Waals surface area contributed by atoms with E-state index in [9.17, 15) is 9.59 Å². The van der Waals surface area contributed by atoms with Gasteiger partial charge in [0.05, 0.1) is 10.4 Å². The van der Waals surface area contributed by atoms with Crippen molar-refractivity contribution in [1.29, 1.82) is 0 Å². The van der Waals surface area contributed by atoms with Gasteiger partial charge < -0.3 is 16.4 Å². The van der Waals surface area contributed by atoms with Crippen LogP contribution in [0, 0.1) is 0 Å². The van der Waals surface area contributed by atoms with E-state index in [1.807, 2.05) is 32.2 Å². The molecule has 164 valence electrons. The summed E-state index contributed by atoms with van der Waals surface area (Å²) in [7, 11) is 0. The van der Waals surface area contributed by atoms with Crippen molar-refractivity contribution in [2.45, 2.75) is 64.5 Å². The Morgan fingerprint density at radius 3 is 2.58 bits per heavy atom. The lowest BCUT2D eigenvalue weighted by Gasteiger charge is -2.22. The number of nitrogen functional groups attached to an aromatic ring is 1. The third kappa shape index (κ3) is 4.87. The van der Waals surface area contributed by atoms with Crippen molar-refractivity contribution in [3.63, 3.8) is 0 Å². The predicted octanol–water partition coefficient (Wildman–Crippen LogP) is 3.63. The molecule has 0 bridgehead atoms. The minimum atomic E-state index is -0.400. The van der Waals surface area contributed by atoms with Gasteiger partial charge in [-0.1, -0.05) is 19.3 Å². The number of nitrogens with zero attached hydrogens (tertiary/aromatic N) is 3. The molecule has 0 spiro atoms. The molecule has 0 radical (unpaired) electrons. The van der Waals surface area contributed by atoms with Gasteiger partial charge in [-0.25, -0.2) is 4.52 Å². The maximum Gasteiger partial charge on any atom is 0.261 e. The van der Waals surface area contributed by atoms with E-state index in [1.54, 1.807) is 12.3 Å². The third-order valence-corrected chi connectivity index (χ3v) is 6.21. The highest BCUT2D eigenvalue weighted by atomic mass is 32.1. The average Bonchev–Trinajstić information content (AvgIpc) is 3.32. The Morgan fingerprint density at radius 1 is 1.13 bits per heavy atom. The molecular weight excluding hydrogens is 412 g/mol. The Hall–Kier alpha value is -2.94. The molecule has 0 aromatic carbocycles. The largest absolute Gasteiger partial charge is 0.366 e. The van der Waals surface area contributed by atoms with E-state index in [-0.39, 0.29) is 23.8 Å². The second-order valence-electron chi connectivity index (χ2n) is 9.09. The SMILES string of the molecule is CC(C)(C)NC(=O)c1cc(-c2csc(C(=O)NC3CCCCC3)c2)cn2nc(N)nc12. The van der Waals surface area contributed by atoms with Gasteiger partial charge in [-0.15, -0.1) is 16.4 Å². The van der Waals surface area contributed by atoms with E-state index in [0.29, 0.717) is 16.1 Å². The molecule has 1 fully saturated rings. The van der Waals surface area contributed by atoms with Crippen LogP contribution < -0.4 is 16.4 Å². The van der Waals surface area contributed by atoms with Gasteiger partial charge in [0.2, 0.25) is 5.95 Å². The molecule has 3 heterocycles. The molecular formula is C22H28N6O2S. The summed E-state index contributed by atoms with van der Waals surface area (Å²) in [5, 5.41) is 12.2. The lowest BCUT2D eigenvalue weighted by Crippen LogP contribution is -2.40. The Kier molecular flexibility index (Phi) is 5.70. The number of carbonyl (C=O) groups excluding carboxylic acids is 2. The molecule has 3 aromatic heterocycles. The van der Waals surface area contributed by atoms with Crippen LogP contribution in [0.3, 0.4) is 0 Å². The molecule has 1 saturated carbocycles. The second-order valence-corrected chi connectivity index (χ2v) is 10.0. The minimum absolute atomic E-state index is 0.0417. The van der Waals surface area contributed by atoms with E-state index < -0.39 is 5.54 Å². The standard InChI is InChI=1S/C22H28N6O2S/c1-22(2,3)26-19(29)16-9-13(11-28-18(16)25-21(23)27-28)14-10-17(31-12-14)20(30)24-15-7-5-4-6-8-15/h9-12,15H,4-8H2,1-3H3,(H2,23,27)(H,24,30)(H,26,29). The number of rotatable bonds is 4. The number of carbonyl (C=O) groups is 2. The molecule has 0 unspecified atom stereocenters. The number of hydrogen-bond donors (Lipinski definition) is 3. The lowest BCUT2D eigenvalue weighted by molar-refractivity contribution is 0.0915. The van der Waals surface area contributed by atoms with Gasteiger partial charge in [-0.3, -0.25) is 9.59 Å². The van der Waals surface area contributed by atoms with Crippen LogP contribution in [-0.4, -0.2) is 38.0 Å². The van der Waals surface area contributed by atoms with Crippen molar-refractivity contribution in [3.8, 4) is 11.1 Å². The molecule has 0 aliphatic heterocycles. The molecule has 4 rings (SSSR count). The van der Waals surface area contributed by atoms with E-state index in [2.05, 4.69) is 20.7 Å². The number of anilines is 1. The quantitative estimate of drug-likeness (QED) is 0.573. The normalized spacial score (nSPS) is 15.2. The fourth-order valence-electron chi connectivity index (χ4n) is 3.85. The Bertz CT molecular complexity index is 1120. The smallest absolute Gasteiger partial charge is 0.261 e. The van der Waals surface area contributed by atoms with E-state index in [4.69, 9.17) is 5.73 Å². The molecule has 9 heteroatoms. The van der Waals surface area contributed by atoms with Gasteiger partial charge in [-0.2, -0.15) is 4.98 Å². The van der Waals surface area contributed by atoms with Gasteiger partial charge in [-0.05, 0) is 56.7 Å². The van der Waals surface area contributed by atoms with Crippen LogP contribution in [-0.2, 0) is 0 Å². The van der Waals surface area contributed by atoms with Crippen LogP contribution in [0.4, 0.5) is 5.95 Å². The molecule has 2 amide bonds. The number of pyridine rings is 1. The Labute approximate surface area is 185 Å². The van der Waals surface area contributed by atoms with Crippen LogP contribution in [0.5, 0.6) is 0 Å². The number of amides is 2. The number of thiophene rings is 1. The predicted molar refractivity (Wildman–Crippen MR) is 122 cm³/mol. The summed E-state index contributed by atoms with van der Waals surface area (Å²) in [4.78, 5) is 30.5. The number of nitrogens with one attached hydrogen (secondary N) is 2. The van der Waals surface area contributed by atoms with Gasteiger partial charge in [0.25, 0.3) is 11.8 Å². The van der Waals surface area contributed by atoms with Crippen LogP contribution in [0.2, 0.25) is 0 Å². The average molecular weight is 441 g/mol. The third-order valence-electron chi connectivity index (χ3n) is 5.28. The van der Waals surface area contributed by atoms with E-state index >= 15 is 0 Å². The van der Waals surface area contributed by atoms with Crippen molar-refractivity contribution in [2.75, 3.05) is 5.73 Å². The summed E-state index contributed by atoms with van der Waals surface area (Å²) in [6, 6.07) is 3.89. The minimum Gasteiger partial charge on any atom is -0.366 e. The summed E-state index contributed by atoms with van der Waals surface area (Å²) in [5.74, 6) is -0.197. The van der Waals surface area contributed by atoms with Crippen LogP contribution in [0.25, 0.3) is 16.8 Å². The van der Waals surface area contributed by atoms with Crippen molar-refractivity contribution in [2.24, 2.45) is 0 Å². The molecule has 8 nitrogen and oxygen atoms in total. The van der Waals surface area contributed by atoms with Gasteiger partial charge >= 0.3 is 0 Å². The second kappa shape index (κ2) is 8.30. The van der Waals surface area contributed by atoms with Crippen molar-refractivity contribution >= 4 is 34.7 Å². The Balaban J connectivity index is 1.64. The molecule has 31 heavy (non-hydrogen) atoms. The van der Waals surface area contributed by atoms with Crippen LogP contribution in [0.15, 0.2) is 23.7 Å². The summed E-state index contributed by atoms with van der Waals surface area (Å²) in [6.45, 7) is 5.75. The molecule has 1 aliphatic rings. The van der Waals surface area contributed by atoms with E-state index in [0.717, 1.165) is 24.0 Å². The number of nitrogens with two attached hydrogens (primary N) is 1. The highest BCUT2D eigenvalue weighted by Gasteiger charge is 2.22. The number of hydrogen-bond acceptors (Lipinski definition) is 6. The highest BCUT2D eigenvalue weighted by Crippen LogP contribution is 2.28. The first-order chi connectivity index (χ1) is 14.7. The fourth-order valence-corrected chi connectivity index (χ4v) is 4.66. The maximum atomic E-state index is 12.9. The zero-order valence-corrected chi connectivity index (χ0v) is 18.9. The Morgan fingerprint density at radius 2 is 1.87 bits per heavy atom. The first-order valence-corrected chi connectivity index (χ1v) is 11.5. The topological polar surface area (TPSA) is 114 Å². The molecule has 1 aliphatic carbocycles. The monoisotopic (exact) mass is 440 g/mol. The van der Waals surface area contributed by atoms with Crippen molar-refractivity contribution < 1.29 is 9.59 Å². The molecule has 0 atom stereocenters. The highest BCUT2D eigenvalue weighted by molar-refractivity contribution is 7.12. The number of fused-ring (bicyclic) bond motifs is 1. The maximum absolute atomic E-state index is 12.9. The molecule has 0 saturated heterocycles. The summed E-state index contributed by atoms with van der Waals surface area (Å²) < 4.78 is 1.52. The van der Waals surface area contributed by atoms with Gasteiger partial charge in [0.15, 0.2) is 5.65 Å². The first-order valence-electron chi connectivity index (χ1n) is 10.6. The summed E-state index contributed by atoms with van der Waals surface area (Å²) in [5.41, 5.74) is 7.78. The van der Waals surface area contributed by atoms with Crippen molar-refractivity contribution in [1.82, 2.24) is 25.2 Å². The lowest BCUT2D eigenvalue weighted by atomic mass is 9.95. The fraction of sp³-hybridized carbons (Fsp3) is 0.455. The number of aromatic nitrogens is 3. The van der Waals surface area contributed by atoms with Crippen LogP contribution >= 0.6 is 11.3 Å². The zero-order chi connectivity index (χ0) is 22.2. The summed E-state index contributed by atoms with van der Waals surface area (Å²) >= 11 is 1.39. The molecule has 4 N–H and O–H groups in total. The van der Waals surface area contributed by atoms with Gasteiger partial charge in [0, 0.05) is 23.3 Å². The van der Waals surface area contributed by atoms with Crippen molar-refractivity contribution in [3.05, 3.63) is 34.2 Å². The first kappa shape index (κ1) is 21.3. The van der Waals surface area contributed by atoms with E-state index in [1.165, 1.54) is 35.1 Å². The van der Waals surface area contributed by atoms with Crippen LogP contribution in [0.1, 0.15) is 72.9 Å².